The first-order chi connectivity index (χ1) is 8.20. The minimum Gasteiger partial charge on any atom is -0.481 e. The van der Waals surface area contributed by atoms with Crippen molar-refractivity contribution in [2.24, 2.45) is 5.92 Å². The molecule has 2 amide bonds. The number of carboxylic acids is 1. The van der Waals surface area contributed by atoms with E-state index in [0.29, 0.717) is 19.4 Å². The largest absolute Gasteiger partial charge is 0.481 e. The Bertz CT molecular complexity index is 325. The summed E-state index contributed by atoms with van der Waals surface area (Å²) in [5, 5.41) is 18.6. The van der Waals surface area contributed by atoms with E-state index in [-0.39, 0.29) is 19.1 Å². The van der Waals surface area contributed by atoms with Crippen molar-refractivity contribution >= 4 is 12.0 Å². The van der Waals surface area contributed by atoms with E-state index in [9.17, 15) is 14.7 Å². The third-order valence-electron chi connectivity index (χ3n) is 2.99. The van der Waals surface area contributed by atoms with E-state index in [0.717, 1.165) is 0 Å². The number of hydrogen-bond donors (Lipinski definition) is 2. The number of urea groups is 1. The summed E-state index contributed by atoms with van der Waals surface area (Å²) < 4.78 is 0. The van der Waals surface area contributed by atoms with Crippen LogP contribution in [-0.4, -0.2) is 64.3 Å². The molecule has 1 aliphatic rings. The van der Waals surface area contributed by atoms with Crippen molar-refractivity contribution in [3.8, 4) is 0 Å². The van der Waals surface area contributed by atoms with Crippen molar-refractivity contribution in [2.75, 3.05) is 26.7 Å². The number of carboxylic acid groups (broad SMARTS) is 1. The lowest BCUT2D eigenvalue weighted by molar-refractivity contribution is -0.143. The molecule has 1 aliphatic heterocycles. The quantitative estimate of drug-likeness (QED) is 0.777. The molecule has 0 aliphatic carbocycles. The lowest BCUT2D eigenvalue weighted by atomic mass is 9.98. The molecule has 104 valence electrons. The number of aliphatic hydroxyl groups is 1. The van der Waals surface area contributed by atoms with Crippen molar-refractivity contribution in [3.63, 3.8) is 0 Å². The molecule has 0 spiro atoms. The molecule has 0 saturated carbocycles. The second kappa shape index (κ2) is 5.56. The topological polar surface area (TPSA) is 81.1 Å². The first-order valence-corrected chi connectivity index (χ1v) is 6.16. The average Bonchev–Trinajstić information content (AvgIpc) is 2.26. The smallest absolute Gasteiger partial charge is 0.319 e. The minimum atomic E-state index is -0.952. The van der Waals surface area contributed by atoms with Gasteiger partial charge in [-0.05, 0) is 26.7 Å². The van der Waals surface area contributed by atoms with Crippen molar-refractivity contribution in [2.45, 2.75) is 32.3 Å². The summed E-state index contributed by atoms with van der Waals surface area (Å²) >= 11 is 0. The average molecular weight is 258 g/mol. The van der Waals surface area contributed by atoms with Crippen LogP contribution in [0.3, 0.4) is 0 Å². The normalized spacial score (nSPS) is 20.7. The summed E-state index contributed by atoms with van der Waals surface area (Å²) in [6.07, 6.45) is 1.33. The first-order valence-electron chi connectivity index (χ1n) is 6.16. The van der Waals surface area contributed by atoms with Gasteiger partial charge in [0.05, 0.1) is 18.1 Å². The maximum absolute atomic E-state index is 12.1. The van der Waals surface area contributed by atoms with Crippen LogP contribution >= 0.6 is 0 Å². The second-order valence-electron chi connectivity index (χ2n) is 5.57. The molecule has 1 rings (SSSR count). The molecule has 1 atom stereocenters. The van der Waals surface area contributed by atoms with Crippen molar-refractivity contribution < 1.29 is 19.8 Å². The molecule has 0 aromatic carbocycles. The van der Waals surface area contributed by atoms with Crippen LogP contribution in [0.2, 0.25) is 0 Å². The summed E-state index contributed by atoms with van der Waals surface area (Å²) in [7, 11) is 1.62. The molecule has 6 heteroatoms. The highest BCUT2D eigenvalue weighted by molar-refractivity contribution is 5.76. The lowest BCUT2D eigenvalue weighted by Gasteiger charge is -2.35. The molecule has 0 bridgehead atoms. The Morgan fingerprint density at radius 3 is 2.56 bits per heavy atom. The Morgan fingerprint density at radius 2 is 2.06 bits per heavy atom. The van der Waals surface area contributed by atoms with Gasteiger partial charge in [0.1, 0.15) is 0 Å². The van der Waals surface area contributed by atoms with Gasteiger partial charge in [0.15, 0.2) is 0 Å². The van der Waals surface area contributed by atoms with Crippen LogP contribution in [0.4, 0.5) is 4.79 Å². The number of rotatable bonds is 3. The summed E-state index contributed by atoms with van der Waals surface area (Å²) in [5.41, 5.74) is -0.952. The standard InChI is InChI=1S/C12H22N2O4/c1-12(2,18)8-13(3)11(17)14-6-4-5-9(7-14)10(15)16/h9,18H,4-8H2,1-3H3,(H,15,16)/t9-/m0/s1. The van der Waals surface area contributed by atoms with E-state index >= 15 is 0 Å². The van der Waals surface area contributed by atoms with Gasteiger partial charge in [-0.1, -0.05) is 0 Å². The third-order valence-corrected chi connectivity index (χ3v) is 2.99. The number of likely N-dealkylation sites (N-methyl/N-ethyl adjacent to an activating group) is 1. The zero-order chi connectivity index (χ0) is 13.9. The fraction of sp³-hybridized carbons (Fsp3) is 0.833. The Balaban J connectivity index is 2.58. The van der Waals surface area contributed by atoms with E-state index in [1.165, 1.54) is 4.90 Å². The predicted octanol–water partition coefficient (Wildman–Crippen LogP) is 0.606. The van der Waals surface area contributed by atoms with Crippen molar-refractivity contribution in [1.29, 1.82) is 0 Å². The van der Waals surface area contributed by atoms with Crippen LogP contribution in [0.15, 0.2) is 0 Å². The number of nitrogens with zero attached hydrogens (tertiary/aromatic N) is 2. The fourth-order valence-electron chi connectivity index (χ4n) is 2.24. The zero-order valence-electron chi connectivity index (χ0n) is 11.2. The highest BCUT2D eigenvalue weighted by Gasteiger charge is 2.30. The van der Waals surface area contributed by atoms with Crippen LogP contribution in [0.1, 0.15) is 26.7 Å². The zero-order valence-corrected chi connectivity index (χ0v) is 11.2. The van der Waals surface area contributed by atoms with Crippen molar-refractivity contribution in [3.05, 3.63) is 0 Å². The third kappa shape index (κ3) is 4.18. The summed E-state index contributed by atoms with van der Waals surface area (Å²) in [5.74, 6) is -1.32. The van der Waals surface area contributed by atoms with Crippen LogP contribution in [0.5, 0.6) is 0 Å². The van der Waals surface area contributed by atoms with Gasteiger partial charge >= 0.3 is 12.0 Å². The maximum Gasteiger partial charge on any atom is 0.319 e. The SMILES string of the molecule is CN(CC(C)(C)O)C(=O)N1CCC[C@H](C(=O)O)C1. The monoisotopic (exact) mass is 258 g/mol. The summed E-state index contributed by atoms with van der Waals surface area (Å²) in [4.78, 5) is 26.0. The van der Waals surface area contributed by atoms with Gasteiger partial charge < -0.3 is 20.0 Å². The van der Waals surface area contributed by atoms with Gasteiger partial charge in [0.25, 0.3) is 0 Å². The number of likely N-dealkylation sites (tertiary alicyclic amines) is 1. The van der Waals surface area contributed by atoms with E-state index in [2.05, 4.69) is 0 Å². The first kappa shape index (κ1) is 14.8. The molecule has 18 heavy (non-hydrogen) atoms. The van der Waals surface area contributed by atoms with Crippen molar-refractivity contribution in [1.82, 2.24) is 9.80 Å². The van der Waals surface area contributed by atoms with E-state index in [4.69, 9.17) is 5.11 Å². The predicted molar refractivity (Wildman–Crippen MR) is 66.3 cm³/mol. The number of carbonyl (C=O) groups excluding carboxylic acids is 1. The van der Waals surface area contributed by atoms with Crippen LogP contribution < -0.4 is 0 Å². The fourth-order valence-corrected chi connectivity index (χ4v) is 2.24. The van der Waals surface area contributed by atoms with Gasteiger partial charge in [0.2, 0.25) is 0 Å². The Kier molecular flexibility index (Phi) is 4.56. The summed E-state index contributed by atoms with van der Waals surface area (Å²) in [6, 6.07) is -0.219. The highest BCUT2D eigenvalue weighted by Crippen LogP contribution is 2.18. The molecule has 2 N–H and O–H groups in total. The van der Waals surface area contributed by atoms with Gasteiger partial charge in [-0.25, -0.2) is 4.79 Å². The van der Waals surface area contributed by atoms with Gasteiger partial charge in [-0.3, -0.25) is 4.79 Å². The van der Waals surface area contributed by atoms with Crippen LogP contribution in [0, 0.1) is 5.92 Å². The van der Waals surface area contributed by atoms with E-state index in [1.807, 2.05) is 0 Å². The molecular formula is C12H22N2O4. The van der Waals surface area contributed by atoms with E-state index in [1.54, 1.807) is 25.8 Å². The maximum atomic E-state index is 12.1. The summed E-state index contributed by atoms with van der Waals surface area (Å²) in [6.45, 7) is 4.32. The molecule has 1 fully saturated rings. The Labute approximate surface area is 107 Å². The molecular weight excluding hydrogens is 236 g/mol. The Morgan fingerprint density at radius 1 is 1.44 bits per heavy atom. The molecule has 0 unspecified atom stereocenters. The van der Waals surface area contributed by atoms with E-state index < -0.39 is 17.5 Å². The molecule has 1 heterocycles. The van der Waals surface area contributed by atoms with Gasteiger partial charge in [-0.15, -0.1) is 0 Å². The van der Waals surface area contributed by atoms with Gasteiger partial charge in [0, 0.05) is 20.1 Å². The molecule has 0 aromatic rings. The second-order valence-corrected chi connectivity index (χ2v) is 5.57. The minimum absolute atomic E-state index is 0.219. The molecule has 0 aromatic heterocycles. The number of piperidine rings is 1. The highest BCUT2D eigenvalue weighted by atomic mass is 16.4. The van der Waals surface area contributed by atoms with Gasteiger partial charge in [-0.2, -0.15) is 0 Å². The Hall–Kier alpha value is -1.30. The molecule has 1 saturated heterocycles. The number of carbonyl (C=O) groups is 2. The molecule has 6 nitrogen and oxygen atoms in total. The lowest BCUT2D eigenvalue weighted by Crippen LogP contribution is -2.50. The van der Waals surface area contributed by atoms with Crippen LogP contribution in [0.25, 0.3) is 0 Å². The number of amides is 2. The van der Waals surface area contributed by atoms with Crippen LogP contribution in [-0.2, 0) is 4.79 Å². The number of aliphatic carboxylic acids is 1. The molecule has 0 radical (unpaired) electrons. The number of hydrogen-bond acceptors (Lipinski definition) is 3.